The number of unbranched alkanes of at least 4 members (excludes halogenated alkanes) is 1. The van der Waals surface area contributed by atoms with E-state index in [0.29, 0.717) is 77.8 Å². The Balaban J connectivity index is 3.82. The van der Waals surface area contributed by atoms with Crippen molar-refractivity contribution >= 4 is 23.6 Å². The van der Waals surface area contributed by atoms with Gasteiger partial charge in [-0.15, -0.1) is 0 Å². The van der Waals surface area contributed by atoms with Crippen LogP contribution in [0.5, 0.6) is 0 Å². The maximum absolute atomic E-state index is 12.2. The summed E-state index contributed by atoms with van der Waals surface area (Å²) >= 11 is 0. The lowest BCUT2D eigenvalue weighted by molar-refractivity contribution is -0.133. The van der Waals surface area contributed by atoms with Crippen molar-refractivity contribution in [1.29, 1.82) is 0 Å². The monoisotopic (exact) mass is 440 g/mol. The van der Waals surface area contributed by atoms with E-state index in [-0.39, 0.29) is 23.6 Å². The number of hydrogen-bond acceptors (Lipinski definition) is 4. The zero-order valence-corrected chi connectivity index (χ0v) is 20.4. The standard InChI is InChI=1S/C23H44N4O4/c1-6-26(7-2)22(30)16-12-14-20(28)24-18-10-11-19-25(5)21(29)15-13-17-23(31)27(8-3)9-4/h6-19H2,1-5H3,(H,24,28). The highest BCUT2D eigenvalue weighted by Crippen LogP contribution is 2.05. The van der Waals surface area contributed by atoms with Crippen LogP contribution in [0, 0.1) is 0 Å². The average Bonchev–Trinajstić information content (AvgIpc) is 2.75. The van der Waals surface area contributed by atoms with Gasteiger partial charge in [0.15, 0.2) is 0 Å². The summed E-state index contributed by atoms with van der Waals surface area (Å²) in [6, 6.07) is 0. The predicted molar refractivity (Wildman–Crippen MR) is 123 cm³/mol. The molecule has 0 spiro atoms. The summed E-state index contributed by atoms with van der Waals surface area (Å²) in [4.78, 5) is 53.2. The summed E-state index contributed by atoms with van der Waals surface area (Å²) in [5.41, 5.74) is 0. The van der Waals surface area contributed by atoms with Crippen LogP contribution in [0.15, 0.2) is 0 Å². The summed E-state index contributed by atoms with van der Waals surface area (Å²) in [7, 11) is 1.78. The van der Waals surface area contributed by atoms with Crippen molar-refractivity contribution in [2.45, 2.75) is 79.1 Å². The molecule has 8 nitrogen and oxygen atoms in total. The fourth-order valence-electron chi connectivity index (χ4n) is 3.37. The van der Waals surface area contributed by atoms with Gasteiger partial charge in [-0.25, -0.2) is 0 Å². The highest BCUT2D eigenvalue weighted by Gasteiger charge is 2.13. The Kier molecular flexibility index (Phi) is 16.3. The molecule has 1 N–H and O–H groups in total. The molecule has 8 heteroatoms. The van der Waals surface area contributed by atoms with E-state index in [1.807, 2.05) is 27.7 Å². The van der Waals surface area contributed by atoms with Gasteiger partial charge < -0.3 is 20.0 Å². The second-order valence-electron chi connectivity index (χ2n) is 7.71. The zero-order valence-electron chi connectivity index (χ0n) is 20.4. The van der Waals surface area contributed by atoms with Gasteiger partial charge in [-0.3, -0.25) is 19.2 Å². The Bertz CT molecular complexity index is 546. The SMILES string of the molecule is CCN(CC)C(=O)CCCC(=O)NCCCCN(C)C(=O)CCCC(=O)N(CC)CC. The fourth-order valence-corrected chi connectivity index (χ4v) is 3.37. The topological polar surface area (TPSA) is 90.0 Å². The van der Waals surface area contributed by atoms with Gasteiger partial charge in [0.05, 0.1) is 0 Å². The van der Waals surface area contributed by atoms with Crippen molar-refractivity contribution in [2.75, 3.05) is 46.3 Å². The maximum Gasteiger partial charge on any atom is 0.222 e. The number of nitrogens with zero attached hydrogens (tertiary/aromatic N) is 3. The molecule has 0 aromatic heterocycles. The second kappa shape index (κ2) is 17.5. The van der Waals surface area contributed by atoms with E-state index >= 15 is 0 Å². The van der Waals surface area contributed by atoms with E-state index in [0.717, 1.165) is 12.8 Å². The van der Waals surface area contributed by atoms with Gasteiger partial charge in [0.2, 0.25) is 23.6 Å². The van der Waals surface area contributed by atoms with Crippen molar-refractivity contribution < 1.29 is 19.2 Å². The third-order valence-corrected chi connectivity index (χ3v) is 5.48. The van der Waals surface area contributed by atoms with Crippen LogP contribution in [-0.2, 0) is 19.2 Å². The number of rotatable bonds is 17. The second-order valence-corrected chi connectivity index (χ2v) is 7.71. The number of amides is 4. The zero-order chi connectivity index (χ0) is 23.6. The molecule has 0 unspecified atom stereocenters. The Labute approximate surface area is 188 Å². The molecule has 0 fully saturated rings. The Morgan fingerprint density at radius 2 is 1.06 bits per heavy atom. The summed E-state index contributed by atoms with van der Waals surface area (Å²) < 4.78 is 0. The fraction of sp³-hybridized carbons (Fsp3) is 0.826. The van der Waals surface area contributed by atoms with Gasteiger partial charge in [-0.2, -0.15) is 0 Å². The number of carbonyl (C=O) groups excluding carboxylic acids is 4. The lowest BCUT2D eigenvalue weighted by Crippen LogP contribution is -2.31. The molecular formula is C23H44N4O4. The van der Waals surface area contributed by atoms with Crippen LogP contribution in [0.1, 0.15) is 79.1 Å². The van der Waals surface area contributed by atoms with Crippen molar-refractivity contribution in [3.8, 4) is 0 Å². The number of hydrogen-bond donors (Lipinski definition) is 1. The van der Waals surface area contributed by atoms with E-state index in [9.17, 15) is 19.2 Å². The number of carbonyl (C=O) groups is 4. The summed E-state index contributed by atoms with van der Waals surface area (Å²) in [5, 5.41) is 2.88. The molecule has 0 aliphatic rings. The largest absolute Gasteiger partial charge is 0.356 e. The Morgan fingerprint density at radius 3 is 1.55 bits per heavy atom. The number of nitrogens with one attached hydrogen (secondary N) is 1. The summed E-state index contributed by atoms with van der Waals surface area (Å²) in [5.74, 6) is 0.223. The van der Waals surface area contributed by atoms with Crippen LogP contribution in [0.4, 0.5) is 0 Å². The van der Waals surface area contributed by atoms with Crippen LogP contribution in [0.25, 0.3) is 0 Å². The van der Waals surface area contributed by atoms with Crippen LogP contribution in [-0.4, -0.2) is 84.6 Å². The molecule has 0 aromatic rings. The first-order valence-electron chi connectivity index (χ1n) is 11.9. The lowest BCUT2D eigenvalue weighted by Gasteiger charge is -2.19. The van der Waals surface area contributed by atoms with Crippen LogP contribution in [0.3, 0.4) is 0 Å². The molecule has 0 rings (SSSR count). The van der Waals surface area contributed by atoms with Gasteiger partial charge in [-0.1, -0.05) is 0 Å². The average molecular weight is 441 g/mol. The maximum atomic E-state index is 12.2. The van der Waals surface area contributed by atoms with Crippen LogP contribution >= 0.6 is 0 Å². The minimum Gasteiger partial charge on any atom is -0.356 e. The van der Waals surface area contributed by atoms with E-state index in [4.69, 9.17) is 0 Å². The summed E-state index contributed by atoms with van der Waals surface area (Å²) in [6.07, 6.45) is 4.30. The molecule has 180 valence electrons. The third kappa shape index (κ3) is 13.0. The quantitative estimate of drug-likeness (QED) is 0.352. The summed E-state index contributed by atoms with van der Waals surface area (Å²) in [6.45, 7) is 11.8. The molecule has 0 radical (unpaired) electrons. The Hall–Kier alpha value is -2.12. The molecule has 0 aliphatic heterocycles. The van der Waals surface area contributed by atoms with Gasteiger partial charge in [0.1, 0.15) is 0 Å². The molecule has 0 bridgehead atoms. The Morgan fingerprint density at radius 1 is 0.613 bits per heavy atom. The minimum atomic E-state index is -0.0327. The molecule has 0 aromatic carbocycles. The molecule has 0 atom stereocenters. The van der Waals surface area contributed by atoms with Crippen molar-refractivity contribution in [3.05, 3.63) is 0 Å². The first-order valence-corrected chi connectivity index (χ1v) is 11.9. The van der Waals surface area contributed by atoms with Crippen molar-refractivity contribution in [1.82, 2.24) is 20.0 Å². The smallest absolute Gasteiger partial charge is 0.222 e. The molecule has 0 aliphatic carbocycles. The normalized spacial score (nSPS) is 10.5. The lowest BCUT2D eigenvalue weighted by atomic mass is 10.2. The first-order chi connectivity index (χ1) is 14.8. The van der Waals surface area contributed by atoms with Gasteiger partial charge in [-0.05, 0) is 53.4 Å². The van der Waals surface area contributed by atoms with Gasteiger partial charge in [0, 0.05) is 72.0 Å². The molecule has 4 amide bonds. The van der Waals surface area contributed by atoms with Crippen LogP contribution < -0.4 is 5.32 Å². The molecular weight excluding hydrogens is 396 g/mol. The van der Waals surface area contributed by atoms with Crippen LogP contribution in [0.2, 0.25) is 0 Å². The highest BCUT2D eigenvalue weighted by atomic mass is 16.2. The van der Waals surface area contributed by atoms with Gasteiger partial charge >= 0.3 is 0 Å². The molecule has 0 saturated carbocycles. The van der Waals surface area contributed by atoms with E-state index in [1.54, 1.807) is 21.7 Å². The molecule has 0 saturated heterocycles. The van der Waals surface area contributed by atoms with Gasteiger partial charge in [0.25, 0.3) is 0 Å². The minimum absolute atomic E-state index is 0.0327. The molecule has 0 heterocycles. The predicted octanol–water partition coefficient (Wildman–Crippen LogP) is 2.42. The third-order valence-electron chi connectivity index (χ3n) is 5.48. The van der Waals surface area contributed by atoms with Crippen molar-refractivity contribution in [2.24, 2.45) is 0 Å². The van der Waals surface area contributed by atoms with E-state index in [1.165, 1.54) is 0 Å². The van der Waals surface area contributed by atoms with Crippen molar-refractivity contribution in [3.63, 3.8) is 0 Å². The molecule has 31 heavy (non-hydrogen) atoms. The van der Waals surface area contributed by atoms with E-state index < -0.39 is 0 Å². The van der Waals surface area contributed by atoms with E-state index in [2.05, 4.69) is 5.32 Å². The first kappa shape index (κ1) is 28.9. The highest BCUT2D eigenvalue weighted by molar-refractivity contribution is 5.79.